The molecule has 4 heteroatoms. The van der Waals surface area contributed by atoms with Gasteiger partial charge in [0.1, 0.15) is 5.60 Å². The van der Waals surface area contributed by atoms with Gasteiger partial charge < -0.3 is 15.7 Å². The fourth-order valence-electron chi connectivity index (χ4n) is 2.05. The van der Waals surface area contributed by atoms with Gasteiger partial charge in [-0.3, -0.25) is 0 Å². The van der Waals surface area contributed by atoms with Gasteiger partial charge in [0.05, 0.1) is 6.54 Å². The Labute approximate surface area is 124 Å². The fraction of sp³-hybridized carbons (Fsp3) is 0.235. The van der Waals surface area contributed by atoms with E-state index in [9.17, 15) is 9.90 Å². The number of amides is 2. The molecule has 2 aromatic carbocycles. The second kappa shape index (κ2) is 6.41. The summed E-state index contributed by atoms with van der Waals surface area (Å²) in [6, 6.07) is 16.5. The van der Waals surface area contributed by atoms with Crippen LogP contribution in [0.15, 0.2) is 54.6 Å². The molecule has 0 bridgehead atoms. The quantitative estimate of drug-likeness (QED) is 0.808. The van der Waals surface area contributed by atoms with Crippen molar-refractivity contribution in [3.8, 4) is 0 Å². The van der Waals surface area contributed by atoms with Crippen LogP contribution in [0.2, 0.25) is 0 Å². The monoisotopic (exact) mass is 284 g/mol. The van der Waals surface area contributed by atoms with E-state index in [1.54, 1.807) is 6.92 Å². The molecular weight excluding hydrogens is 264 g/mol. The topological polar surface area (TPSA) is 61.4 Å². The molecule has 2 rings (SSSR count). The van der Waals surface area contributed by atoms with Gasteiger partial charge in [0.15, 0.2) is 0 Å². The molecule has 0 fully saturated rings. The van der Waals surface area contributed by atoms with E-state index >= 15 is 0 Å². The summed E-state index contributed by atoms with van der Waals surface area (Å²) >= 11 is 0. The summed E-state index contributed by atoms with van der Waals surface area (Å²) in [5, 5.41) is 15.8. The Kier molecular flexibility index (Phi) is 4.60. The highest BCUT2D eigenvalue weighted by molar-refractivity contribution is 5.89. The normalized spacial score (nSPS) is 13.3. The van der Waals surface area contributed by atoms with E-state index in [4.69, 9.17) is 0 Å². The number of aryl methyl sites for hydroxylation is 1. The van der Waals surface area contributed by atoms with Crippen molar-refractivity contribution < 1.29 is 9.90 Å². The van der Waals surface area contributed by atoms with Crippen molar-refractivity contribution in [1.82, 2.24) is 5.32 Å². The number of rotatable bonds is 4. The summed E-state index contributed by atoms with van der Waals surface area (Å²) in [5.41, 5.74) is 1.46. The molecule has 0 spiro atoms. The summed E-state index contributed by atoms with van der Waals surface area (Å²) in [7, 11) is 0. The van der Waals surface area contributed by atoms with Crippen molar-refractivity contribution in [3.05, 3.63) is 65.7 Å². The summed E-state index contributed by atoms with van der Waals surface area (Å²) in [6.07, 6.45) is 0. The van der Waals surface area contributed by atoms with Gasteiger partial charge in [0.25, 0.3) is 0 Å². The minimum absolute atomic E-state index is 0.134. The third-order valence-corrected chi connectivity index (χ3v) is 3.26. The molecule has 110 valence electrons. The highest BCUT2D eigenvalue weighted by Crippen LogP contribution is 2.19. The molecule has 0 aromatic heterocycles. The smallest absolute Gasteiger partial charge is 0.319 e. The predicted octanol–water partition coefficient (Wildman–Crippen LogP) is 3.02. The summed E-state index contributed by atoms with van der Waals surface area (Å²) < 4.78 is 0. The van der Waals surface area contributed by atoms with Crippen LogP contribution in [-0.4, -0.2) is 17.7 Å². The number of hydrogen-bond donors (Lipinski definition) is 3. The number of benzene rings is 2. The lowest BCUT2D eigenvalue weighted by molar-refractivity contribution is 0.0599. The first-order valence-electron chi connectivity index (χ1n) is 6.87. The number of urea groups is 1. The third-order valence-electron chi connectivity index (χ3n) is 3.26. The number of carbonyl (C=O) groups is 1. The Morgan fingerprint density at radius 1 is 1.14 bits per heavy atom. The van der Waals surface area contributed by atoms with Crippen molar-refractivity contribution >= 4 is 11.7 Å². The minimum atomic E-state index is -1.11. The summed E-state index contributed by atoms with van der Waals surface area (Å²) in [4.78, 5) is 11.9. The zero-order valence-corrected chi connectivity index (χ0v) is 12.3. The first-order valence-corrected chi connectivity index (χ1v) is 6.87. The molecule has 0 saturated carbocycles. The molecule has 2 amide bonds. The molecule has 4 nitrogen and oxygen atoms in total. The van der Waals surface area contributed by atoms with Crippen LogP contribution in [0.3, 0.4) is 0 Å². The molecule has 1 atom stereocenters. The van der Waals surface area contributed by atoms with Crippen LogP contribution in [-0.2, 0) is 5.60 Å². The van der Waals surface area contributed by atoms with E-state index in [0.29, 0.717) is 0 Å². The van der Waals surface area contributed by atoms with Gasteiger partial charge in [-0.2, -0.15) is 0 Å². The number of nitrogens with one attached hydrogen (secondary N) is 2. The molecule has 21 heavy (non-hydrogen) atoms. The fourth-order valence-corrected chi connectivity index (χ4v) is 2.05. The van der Waals surface area contributed by atoms with E-state index in [1.807, 2.05) is 61.5 Å². The van der Waals surface area contributed by atoms with Crippen LogP contribution in [0.25, 0.3) is 0 Å². The molecule has 0 aliphatic carbocycles. The lowest BCUT2D eigenvalue weighted by Crippen LogP contribution is -2.40. The summed E-state index contributed by atoms with van der Waals surface area (Å²) in [5.74, 6) is 0. The average Bonchev–Trinajstić information content (AvgIpc) is 2.46. The third kappa shape index (κ3) is 4.33. The van der Waals surface area contributed by atoms with Gasteiger partial charge in [-0.05, 0) is 37.1 Å². The molecule has 0 radical (unpaired) electrons. The predicted molar refractivity (Wildman–Crippen MR) is 84.2 cm³/mol. The second-order valence-electron chi connectivity index (χ2n) is 5.32. The molecule has 2 aromatic rings. The zero-order chi connectivity index (χ0) is 15.3. The van der Waals surface area contributed by atoms with Crippen LogP contribution in [0.5, 0.6) is 0 Å². The highest BCUT2D eigenvalue weighted by atomic mass is 16.3. The van der Waals surface area contributed by atoms with Gasteiger partial charge >= 0.3 is 6.03 Å². The first-order chi connectivity index (χ1) is 9.97. The van der Waals surface area contributed by atoms with E-state index < -0.39 is 5.60 Å². The molecule has 0 aliphatic rings. The van der Waals surface area contributed by atoms with Crippen molar-refractivity contribution in [2.75, 3.05) is 11.9 Å². The number of carbonyl (C=O) groups excluding carboxylic acids is 1. The van der Waals surface area contributed by atoms with Crippen molar-refractivity contribution in [2.45, 2.75) is 19.4 Å². The van der Waals surface area contributed by atoms with E-state index in [-0.39, 0.29) is 12.6 Å². The standard InChI is InChI=1S/C17H20N2O2/c1-13-7-6-10-15(11-13)19-16(20)18-12-17(2,21)14-8-4-3-5-9-14/h3-11,21H,12H2,1-2H3,(H2,18,19,20). The Balaban J connectivity index is 1.92. The van der Waals surface area contributed by atoms with Crippen LogP contribution >= 0.6 is 0 Å². The molecule has 1 unspecified atom stereocenters. The lowest BCUT2D eigenvalue weighted by Gasteiger charge is -2.24. The van der Waals surface area contributed by atoms with Gasteiger partial charge in [0.2, 0.25) is 0 Å². The SMILES string of the molecule is Cc1cccc(NC(=O)NCC(C)(O)c2ccccc2)c1. The Morgan fingerprint density at radius 3 is 2.52 bits per heavy atom. The molecular formula is C17H20N2O2. The minimum Gasteiger partial charge on any atom is -0.384 e. The van der Waals surface area contributed by atoms with Crippen LogP contribution in [0.4, 0.5) is 10.5 Å². The van der Waals surface area contributed by atoms with Crippen LogP contribution < -0.4 is 10.6 Å². The maximum Gasteiger partial charge on any atom is 0.319 e. The van der Waals surface area contributed by atoms with Gasteiger partial charge in [0, 0.05) is 5.69 Å². The average molecular weight is 284 g/mol. The molecule has 0 heterocycles. The van der Waals surface area contributed by atoms with Crippen molar-refractivity contribution in [2.24, 2.45) is 0 Å². The molecule has 3 N–H and O–H groups in total. The Bertz CT molecular complexity index is 609. The van der Waals surface area contributed by atoms with Gasteiger partial charge in [-0.25, -0.2) is 4.79 Å². The Hall–Kier alpha value is -2.33. The summed E-state index contributed by atoms with van der Waals surface area (Å²) in [6.45, 7) is 3.77. The van der Waals surface area contributed by atoms with E-state index in [1.165, 1.54) is 0 Å². The number of anilines is 1. The van der Waals surface area contributed by atoms with E-state index in [0.717, 1.165) is 16.8 Å². The largest absolute Gasteiger partial charge is 0.384 e. The van der Waals surface area contributed by atoms with Crippen LogP contribution in [0, 0.1) is 6.92 Å². The zero-order valence-electron chi connectivity index (χ0n) is 12.3. The maximum atomic E-state index is 11.9. The van der Waals surface area contributed by atoms with Crippen molar-refractivity contribution in [1.29, 1.82) is 0 Å². The highest BCUT2D eigenvalue weighted by Gasteiger charge is 2.23. The lowest BCUT2D eigenvalue weighted by atomic mass is 9.96. The maximum absolute atomic E-state index is 11.9. The molecule has 0 saturated heterocycles. The first kappa shape index (κ1) is 15.1. The second-order valence-corrected chi connectivity index (χ2v) is 5.32. The van der Waals surface area contributed by atoms with Gasteiger partial charge in [-0.1, -0.05) is 42.5 Å². The number of aliphatic hydroxyl groups is 1. The van der Waals surface area contributed by atoms with E-state index in [2.05, 4.69) is 10.6 Å². The Morgan fingerprint density at radius 2 is 1.86 bits per heavy atom. The van der Waals surface area contributed by atoms with Crippen molar-refractivity contribution in [3.63, 3.8) is 0 Å². The molecule has 0 aliphatic heterocycles. The number of hydrogen-bond acceptors (Lipinski definition) is 2. The van der Waals surface area contributed by atoms with Gasteiger partial charge in [-0.15, -0.1) is 0 Å². The van der Waals surface area contributed by atoms with Crippen LogP contribution in [0.1, 0.15) is 18.1 Å².